The zero-order valence-electron chi connectivity index (χ0n) is 13.2. The van der Waals surface area contributed by atoms with Crippen molar-refractivity contribution in [2.24, 2.45) is 0 Å². The minimum atomic E-state index is -0.101. The van der Waals surface area contributed by atoms with Gasteiger partial charge in [0.2, 0.25) is 0 Å². The Morgan fingerprint density at radius 3 is 3.09 bits per heavy atom. The fourth-order valence-electron chi connectivity index (χ4n) is 2.91. The van der Waals surface area contributed by atoms with E-state index in [0.29, 0.717) is 29.6 Å². The van der Waals surface area contributed by atoms with Crippen molar-refractivity contribution in [3.63, 3.8) is 0 Å². The van der Waals surface area contributed by atoms with E-state index in [2.05, 4.69) is 33.7 Å². The summed E-state index contributed by atoms with van der Waals surface area (Å²) in [4.78, 5) is 16.2. The van der Waals surface area contributed by atoms with Gasteiger partial charge in [-0.25, -0.2) is 0 Å². The average molecular weight is 319 g/mol. The smallest absolute Gasteiger partial charge is 0.256 e. The van der Waals surface area contributed by atoms with Crippen LogP contribution in [-0.2, 0) is 13.0 Å². The summed E-state index contributed by atoms with van der Waals surface area (Å²) in [6, 6.07) is 2.51. The van der Waals surface area contributed by atoms with Gasteiger partial charge in [0.15, 0.2) is 0 Å². The lowest BCUT2D eigenvalue weighted by molar-refractivity contribution is 0.0930. The van der Waals surface area contributed by atoms with Crippen molar-refractivity contribution in [1.29, 1.82) is 0 Å². The van der Waals surface area contributed by atoms with Gasteiger partial charge in [-0.05, 0) is 44.2 Å². The van der Waals surface area contributed by atoms with Gasteiger partial charge in [0.25, 0.3) is 5.91 Å². The molecule has 0 unspecified atom stereocenters. The lowest BCUT2D eigenvalue weighted by Crippen LogP contribution is -2.44. The van der Waals surface area contributed by atoms with Crippen LogP contribution in [0.2, 0.25) is 0 Å². The number of aryl methyl sites for hydroxylation is 2. The summed E-state index contributed by atoms with van der Waals surface area (Å²) >= 11 is 1.85. The van der Waals surface area contributed by atoms with E-state index in [1.54, 1.807) is 13.8 Å². The van der Waals surface area contributed by atoms with Crippen molar-refractivity contribution >= 4 is 17.2 Å². The van der Waals surface area contributed by atoms with Gasteiger partial charge >= 0.3 is 0 Å². The molecule has 0 spiro atoms. The molecule has 1 aliphatic heterocycles. The molecule has 3 rings (SSSR count). The number of fused-ring (bicyclic) bond motifs is 1. The number of nitrogens with one attached hydrogen (secondary N) is 1. The van der Waals surface area contributed by atoms with Crippen LogP contribution >= 0.6 is 11.3 Å². The summed E-state index contributed by atoms with van der Waals surface area (Å²) in [5.74, 6) is 0.472. The topological polar surface area (TPSA) is 58.4 Å². The van der Waals surface area contributed by atoms with E-state index < -0.39 is 0 Å². The second-order valence-electron chi connectivity index (χ2n) is 5.85. The summed E-state index contributed by atoms with van der Waals surface area (Å²) in [5.41, 5.74) is 2.63. The van der Waals surface area contributed by atoms with Crippen LogP contribution in [0.15, 0.2) is 16.0 Å². The van der Waals surface area contributed by atoms with E-state index in [4.69, 9.17) is 4.52 Å². The average Bonchev–Trinajstić information content (AvgIpc) is 3.10. The maximum absolute atomic E-state index is 12.3. The normalized spacial score (nSPS) is 16.3. The fraction of sp³-hybridized carbons (Fsp3) is 0.500. The van der Waals surface area contributed by atoms with Gasteiger partial charge in [0, 0.05) is 30.6 Å². The molecule has 0 aromatic carbocycles. The third-order valence-electron chi connectivity index (χ3n) is 4.28. The SMILES string of the molecule is Cc1noc(C)c1C(=O)NC[C@H](C)N1CCc2sccc2C1. The third-order valence-corrected chi connectivity index (χ3v) is 5.30. The molecule has 2 aromatic heterocycles. The van der Waals surface area contributed by atoms with Gasteiger partial charge in [0.1, 0.15) is 11.3 Å². The molecule has 0 radical (unpaired) electrons. The summed E-state index contributed by atoms with van der Waals surface area (Å²) in [5, 5.41) is 9.00. The van der Waals surface area contributed by atoms with Crippen LogP contribution in [0.25, 0.3) is 0 Å². The van der Waals surface area contributed by atoms with Crippen molar-refractivity contribution in [2.45, 2.75) is 39.8 Å². The highest BCUT2D eigenvalue weighted by Crippen LogP contribution is 2.25. The quantitative estimate of drug-likeness (QED) is 0.941. The zero-order chi connectivity index (χ0) is 15.7. The fourth-order valence-corrected chi connectivity index (χ4v) is 3.80. The maximum Gasteiger partial charge on any atom is 0.256 e. The highest BCUT2D eigenvalue weighted by molar-refractivity contribution is 7.10. The predicted molar refractivity (Wildman–Crippen MR) is 86.2 cm³/mol. The van der Waals surface area contributed by atoms with Crippen LogP contribution < -0.4 is 5.32 Å². The lowest BCUT2D eigenvalue weighted by Gasteiger charge is -2.32. The Morgan fingerprint density at radius 1 is 1.55 bits per heavy atom. The van der Waals surface area contributed by atoms with Crippen molar-refractivity contribution < 1.29 is 9.32 Å². The highest BCUT2D eigenvalue weighted by Gasteiger charge is 2.23. The van der Waals surface area contributed by atoms with Crippen LogP contribution in [0.1, 0.15) is 39.2 Å². The first-order valence-electron chi connectivity index (χ1n) is 7.56. The van der Waals surface area contributed by atoms with Crippen molar-refractivity contribution in [3.8, 4) is 0 Å². The lowest BCUT2D eigenvalue weighted by atomic mass is 10.1. The van der Waals surface area contributed by atoms with Crippen LogP contribution in [0.5, 0.6) is 0 Å². The third kappa shape index (κ3) is 2.94. The molecule has 5 nitrogen and oxygen atoms in total. The molecule has 1 aliphatic rings. The summed E-state index contributed by atoms with van der Waals surface area (Å²) in [6.45, 7) is 8.36. The van der Waals surface area contributed by atoms with Gasteiger partial charge in [-0.3, -0.25) is 9.69 Å². The van der Waals surface area contributed by atoms with E-state index in [1.165, 1.54) is 10.4 Å². The van der Waals surface area contributed by atoms with Crippen LogP contribution in [-0.4, -0.2) is 35.1 Å². The van der Waals surface area contributed by atoms with E-state index in [1.807, 2.05) is 11.3 Å². The molecule has 1 amide bonds. The number of aromatic nitrogens is 1. The largest absolute Gasteiger partial charge is 0.361 e. The molecule has 2 aromatic rings. The number of carbonyl (C=O) groups is 1. The van der Waals surface area contributed by atoms with Gasteiger partial charge in [-0.15, -0.1) is 11.3 Å². The number of hydrogen-bond acceptors (Lipinski definition) is 5. The number of amides is 1. The number of thiophene rings is 1. The molecule has 1 atom stereocenters. The highest BCUT2D eigenvalue weighted by atomic mass is 32.1. The Morgan fingerprint density at radius 2 is 2.36 bits per heavy atom. The summed E-state index contributed by atoms with van der Waals surface area (Å²) < 4.78 is 5.05. The number of hydrogen-bond donors (Lipinski definition) is 1. The standard InChI is InChI=1S/C16H21N3O2S/c1-10(19-6-4-14-13(9-19)5-7-22-14)8-17-16(20)15-11(2)18-21-12(15)3/h5,7,10H,4,6,8-9H2,1-3H3,(H,17,20)/t10-/m0/s1. The van der Waals surface area contributed by atoms with Crippen molar-refractivity contribution in [2.75, 3.05) is 13.1 Å². The molecule has 0 aliphatic carbocycles. The Hall–Kier alpha value is -1.66. The predicted octanol–water partition coefficient (Wildman–Crippen LogP) is 2.53. The van der Waals surface area contributed by atoms with E-state index in [0.717, 1.165) is 19.5 Å². The van der Waals surface area contributed by atoms with Crippen LogP contribution in [0.3, 0.4) is 0 Å². The molecule has 22 heavy (non-hydrogen) atoms. The van der Waals surface area contributed by atoms with Crippen LogP contribution in [0.4, 0.5) is 0 Å². The van der Waals surface area contributed by atoms with Gasteiger partial charge in [-0.1, -0.05) is 5.16 Å². The minimum absolute atomic E-state index is 0.101. The molecule has 118 valence electrons. The molecule has 0 saturated heterocycles. The second kappa shape index (κ2) is 6.22. The molecular weight excluding hydrogens is 298 g/mol. The first-order valence-corrected chi connectivity index (χ1v) is 8.44. The van der Waals surface area contributed by atoms with Gasteiger partial charge in [-0.2, -0.15) is 0 Å². The molecule has 0 fully saturated rings. The molecule has 0 bridgehead atoms. The summed E-state index contributed by atoms with van der Waals surface area (Å²) in [6.07, 6.45) is 1.11. The van der Waals surface area contributed by atoms with Gasteiger partial charge in [0.05, 0.1) is 5.69 Å². The Kier molecular flexibility index (Phi) is 4.31. The summed E-state index contributed by atoms with van der Waals surface area (Å²) in [7, 11) is 0. The monoisotopic (exact) mass is 319 g/mol. The number of carbonyl (C=O) groups excluding carboxylic acids is 1. The van der Waals surface area contributed by atoms with E-state index >= 15 is 0 Å². The second-order valence-corrected chi connectivity index (χ2v) is 6.85. The van der Waals surface area contributed by atoms with Crippen molar-refractivity contribution in [3.05, 3.63) is 38.9 Å². The Balaban J connectivity index is 1.57. The first kappa shape index (κ1) is 15.2. The zero-order valence-corrected chi connectivity index (χ0v) is 14.0. The molecule has 0 saturated carbocycles. The van der Waals surface area contributed by atoms with E-state index in [-0.39, 0.29) is 5.91 Å². The van der Waals surface area contributed by atoms with Gasteiger partial charge < -0.3 is 9.84 Å². The first-order chi connectivity index (χ1) is 10.6. The molecular formula is C16H21N3O2S. The minimum Gasteiger partial charge on any atom is -0.361 e. The number of rotatable bonds is 4. The molecule has 6 heteroatoms. The van der Waals surface area contributed by atoms with Crippen molar-refractivity contribution in [1.82, 2.24) is 15.4 Å². The molecule has 3 heterocycles. The number of nitrogens with zero attached hydrogens (tertiary/aromatic N) is 2. The Labute approximate surface area is 134 Å². The maximum atomic E-state index is 12.3. The van der Waals surface area contributed by atoms with E-state index in [9.17, 15) is 4.79 Å². The van der Waals surface area contributed by atoms with Crippen LogP contribution in [0, 0.1) is 13.8 Å². The Bertz CT molecular complexity index is 657. The molecule has 1 N–H and O–H groups in total.